The van der Waals surface area contributed by atoms with E-state index >= 15 is 4.39 Å². The zero-order valence-corrected chi connectivity index (χ0v) is 21.8. The van der Waals surface area contributed by atoms with Crippen LogP contribution in [0.15, 0.2) is 46.5 Å². The molecule has 2 N–H and O–H groups in total. The molecule has 0 spiro atoms. The summed E-state index contributed by atoms with van der Waals surface area (Å²) in [6, 6.07) is 2.42. The van der Waals surface area contributed by atoms with Gasteiger partial charge in [0.05, 0.1) is 35.4 Å². The molecule has 0 unspecified atom stereocenters. The Morgan fingerprint density at radius 3 is 2.37 bits per heavy atom. The number of halogens is 6. The van der Waals surface area contributed by atoms with Crippen LogP contribution in [-0.2, 0) is 18.3 Å². The Morgan fingerprint density at radius 1 is 1.10 bits per heavy atom. The molecule has 2 atom stereocenters. The minimum atomic E-state index is -5.05. The summed E-state index contributed by atoms with van der Waals surface area (Å²) in [7, 11) is 0. The lowest BCUT2D eigenvalue weighted by Crippen LogP contribution is -2.29. The first kappa shape index (κ1) is 29.7. The van der Waals surface area contributed by atoms with E-state index in [1.165, 1.54) is 39.2 Å². The second-order valence-electron chi connectivity index (χ2n) is 9.84. The van der Waals surface area contributed by atoms with Gasteiger partial charge in [0.2, 0.25) is 0 Å². The van der Waals surface area contributed by atoms with Gasteiger partial charge in [-0.25, -0.2) is 28.2 Å². The molecule has 218 valence electrons. The number of H-pyrrole nitrogens is 1. The number of rotatable bonds is 8. The number of nitrogens with one attached hydrogen (secondary N) is 1. The Morgan fingerprint density at radius 2 is 1.76 bits per heavy atom. The van der Waals surface area contributed by atoms with Crippen molar-refractivity contribution in [3.05, 3.63) is 80.4 Å². The number of aliphatic hydroxyl groups is 1. The molecule has 3 heterocycles. The predicted molar refractivity (Wildman–Crippen MR) is 134 cm³/mol. The van der Waals surface area contributed by atoms with E-state index in [4.69, 9.17) is 4.74 Å². The van der Waals surface area contributed by atoms with Gasteiger partial charge in [0.15, 0.2) is 28.8 Å². The molecule has 0 aliphatic heterocycles. The van der Waals surface area contributed by atoms with Crippen molar-refractivity contribution in [2.24, 2.45) is 0 Å². The number of hydrogen-bond acceptors (Lipinski definition) is 7. The Hall–Kier alpha value is -4.27. The number of aromatic amines is 1. The highest BCUT2D eigenvalue weighted by Gasteiger charge is 2.38. The standard InChI is InChI=1S/C26H23F6N5O4/c1-12(41-17-10-35-36-23(38)19(17)26(30,31)32)6-15(27)11-37-5-4-13-7-16(20(28)21(29)18(13)24(37)39)22-33-8-14(9-34-22)25(2,3)40/h4-5,7-10,12,15,40H,6,11H2,1-3H3,(H,36,38)/t12-,15+/m0/s1. The highest BCUT2D eigenvalue weighted by Crippen LogP contribution is 2.33. The molecule has 0 radical (unpaired) electrons. The lowest BCUT2D eigenvalue weighted by atomic mass is 10.0. The number of fused-ring (bicyclic) bond motifs is 1. The van der Waals surface area contributed by atoms with E-state index in [1.54, 1.807) is 5.10 Å². The normalized spacial score (nSPS) is 13.8. The zero-order valence-electron chi connectivity index (χ0n) is 21.8. The fraction of sp³-hybridized carbons (Fsp3) is 0.346. The molecule has 1 aromatic carbocycles. The van der Waals surface area contributed by atoms with Crippen LogP contribution in [0.5, 0.6) is 5.75 Å². The van der Waals surface area contributed by atoms with Gasteiger partial charge in [-0.05, 0) is 38.3 Å². The fourth-order valence-electron chi connectivity index (χ4n) is 4.12. The van der Waals surface area contributed by atoms with Gasteiger partial charge in [-0.1, -0.05) is 0 Å². The molecular formula is C26H23F6N5O4. The highest BCUT2D eigenvalue weighted by molar-refractivity contribution is 5.86. The van der Waals surface area contributed by atoms with Crippen molar-refractivity contribution in [2.75, 3.05) is 0 Å². The molecular weight excluding hydrogens is 560 g/mol. The summed E-state index contributed by atoms with van der Waals surface area (Å²) in [5.74, 6) is -3.99. The third-order valence-corrected chi connectivity index (χ3v) is 6.16. The molecule has 0 aliphatic rings. The lowest BCUT2D eigenvalue weighted by Gasteiger charge is -2.19. The minimum absolute atomic E-state index is 0.0103. The number of alkyl halides is 4. The number of ether oxygens (including phenoxy) is 1. The Kier molecular flexibility index (Phi) is 7.94. The topological polar surface area (TPSA) is 123 Å². The fourth-order valence-corrected chi connectivity index (χ4v) is 4.12. The Bertz CT molecular complexity index is 1700. The maximum Gasteiger partial charge on any atom is 0.425 e. The van der Waals surface area contributed by atoms with Crippen molar-refractivity contribution < 1.29 is 36.2 Å². The molecule has 0 amide bonds. The van der Waals surface area contributed by atoms with E-state index in [9.17, 15) is 36.6 Å². The monoisotopic (exact) mass is 583 g/mol. The summed E-state index contributed by atoms with van der Waals surface area (Å²) < 4.78 is 90.5. The molecule has 0 fully saturated rings. The first-order valence-corrected chi connectivity index (χ1v) is 12.1. The van der Waals surface area contributed by atoms with Crippen LogP contribution in [-0.4, -0.2) is 42.1 Å². The van der Waals surface area contributed by atoms with Crippen LogP contribution in [0.4, 0.5) is 26.3 Å². The van der Waals surface area contributed by atoms with E-state index in [1.807, 2.05) is 0 Å². The number of nitrogens with zero attached hydrogens (tertiary/aromatic N) is 4. The van der Waals surface area contributed by atoms with E-state index < -0.39 is 76.5 Å². The molecule has 41 heavy (non-hydrogen) atoms. The molecule has 0 saturated carbocycles. The zero-order chi connectivity index (χ0) is 30.3. The highest BCUT2D eigenvalue weighted by atomic mass is 19.4. The molecule has 0 aliphatic carbocycles. The quantitative estimate of drug-likeness (QED) is 0.297. The predicted octanol–water partition coefficient (Wildman–Crippen LogP) is 4.26. The van der Waals surface area contributed by atoms with Gasteiger partial charge in [-0.15, -0.1) is 0 Å². The molecule has 4 rings (SSSR count). The van der Waals surface area contributed by atoms with Crippen LogP contribution in [0.2, 0.25) is 0 Å². The summed E-state index contributed by atoms with van der Waals surface area (Å²) in [6.45, 7) is 3.60. The van der Waals surface area contributed by atoms with Gasteiger partial charge >= 0.3 is 6.18 Å². The Balaban J connectivity index is 1.56. The van der Waals surface area contributed by atoms with Crippen LogP contribution in [0.25, 0.3) is 22.2 Å². The average Bonchev–Trinajstić information content (AvgIpc) is 2.86. The third kappa shape index (κ3) is 6.24. The Labute approximate surface area is 227 Å². The van der Waals surface area contributed by atoms with E-state index in [2.05, 4.69) is 15.1 Å². The van der Waals surface area contributed by atoms with Crippen molar-refractivity contribution in [1.82, 2.24) is 24.7 Å². The molecule has 4 aromatic rings. The van der Waals surface area contributed by atoms with Gasteiger partial charge in [-0.3, -0.25) is 9.59 Å². The number of pyridine rings is 1. The van der Waals surface area contributed by atoms with Crippen molar-refractivity contribution in [1.29, 1.82) is 0 Å². The summed E-state index contributed by atoms with van der Waals surface area (Å²) in [5.41, 5.74) is -5.47. The second-order valence-corrected chi connectivity index (χ2v) is 9.84. The third-order valence-electron chi connectivity index (χ3n) is 6.16. The van der Waals surface area contributed by atoms with E-state index in [-0.39, 0.29) is 16.8 Å². The maximum atomic E-state index is 15.1. The van der Waals surface area contributed by atoms with Crippen LogP contribution < -0.4 is 15.9 Å². The lowest BCUT2D eigenvalue weighted by molar-refractivity contribution is -0.140. The SMILES string of the molecule is C[C@@H](C[C@@H](F)Cn1ccc2cc(-c3ncc(C(C)(C)O)cn3)c(F)c(F)c2c1=O)Oc1cn[nH]c(=O)c1C(F)(F)F. The van der Waals surface area contributed by atoms with Gasteiger partial charge in [0.25, 0.3) is 11.1 Å². The van der Waals surface area contributed by atoms with Crippen molar-refractivity contribution >= 4 is 10.8 Å². The largest absolute Gasteiger partial charge is 0.488 e. The summed E-state index contributed by atoms with van der Waals surface area (Å²) in [4.78, 5) is 32.5. The van der Waals surface area contributed by atoms with Gasteiger partial charge in [0, 0.05) is 30.6 Å². The molecule has 0 saturated heterocycles. The maximum absolute atomic E-state index is 15.1. The van der Waals surface area contributed by atoms with Gasteiger partial charge in [0.1, 0.15) is 6.17 Å². The van der Waals surface area contributed by atoms with Crippen molar-refractivity contribution in [2.45, 2.75) is 57.8 Å². The summed E-state index contributed by atoms with van der Waals surface area (Å²) in [6.07, 6.45) is -4.31. The van der Waals surface area contributed by atoms with E-state index in [0.717, 1.165) is 16.8 Å². The summed E-state index contributed by atoms with van der Waals surface area (Å²) in [5, 5.41) is 14.3. The van der Waals surface area contributed by atoms with Crippen LogP contribution in [0.3, 0.4) is 0 Å². The average molecular weight is 583 g/mol. The van der Waals surface area contributed by atoms with Gasteiger partial charge in [-0.2, -0.15) is 18.3 Å². The second kappa shape index (κ2) is 11.0. The summed E-state index contributed by atoms with van der Waals surface area (Å²) >= 11 is 0. The van der Waals surface area contributed by atoms with Crippen LogP contribution in [0.1, 0.15) is 38.3 Å². The number of benzene rings is 1. The molecule has 15 heteroatoms. The number of hydrogen-bond donors (Lipinski definition) is 2. The first-order chi connectivity index (χ1) is 19.1. The molecule has 0 bridgehead atoms. The van der Waals surface area contributed by atoms with Crippen LogP contribution >= 0.6 is 0 Å². The minimum Gasteiger partial charge on any atom is -0.488 e. The molecule has 9 nitrogen and oxygen atoms in total. The van der Waals surface area contributed by atoms with Crippen molar-refractivity contribution in [3.8, 4) is 17.1 Å². The smallest absolute Gasteiger partial charge is 0.425 e. The van der Waals surface area contributed by atoms with Crippen molar-refractivity contribution in [3.63, 3.8) is 0 Å². The van der Waals surface area contributed by atoms with Crippen LogP contribution in [0, 0.1) is 11.6 Å². The molecule has 3 aromatic heterocycles. The van der Waals surface area contributed by atoms with E-state index in [0.29, 0.717) is 11.8 Å². The first-order valence-electron chi connectivity index (χ1n) is 12.1. The van der Waals surface area contributed by atoms with Gasteiger partial charge < -0.3 is 14.4 Å². The number of aromatic nitrogens is 5.